The first-order valence-electron chi connectivity index (χ1n) is 6.90. The maximum absolute atomic E-state index is 12.1. The van der Waals surface area contributed by atoms with Crippen LogP contribution in [0.5, 0.6) is 0 Å². The van der Waals surface area contributed by atoms with Crippen LogP contribution in [0.15, 0.2) is 29.3 Å². The van der Waals surface area contributed by atoms with E-state index in [-0.39, 0.29) is 11.1 Å². The molecule has 1 N–H and O–H groups in total. The quantitative estimate of drug-likeness (QED) is 0.806. The molecule has 0 radical (unpaired) electrons. The van der Waals surface area contributed by atoms with Gasteiger partial charge in [0.1, 0.15) is 11.6 Å². The standard InChI is InChI=1S/C16H15N3O/c17-10-13-15(11-6-8-18-9-7-11)12-4-2-1-3-5-14(12)19-16(13)20/h6-9H,1-5H2,(H,19,20). The lowest BCUT2D eigenvalue weighted by atomic mass is 9.93. The SMILES string of the molecule is N#Cc1c(-c2ccncc2)c2c([nH]c1=O)CCCCC2. The molecule has 2 aromatic rings. The number of nitriles is 1. The van der Waals surface area contributed by atoms with Gasteiger partial charge in [-0.1, -0.05) is 6.42 Å². The van der Waals surface area contributed by atoms with Gasteiger partial charge in [0.15, 0.2) is 0 Å². The molecular formula is C16H15N3O. The summed E-state index contributed by atoms with van der Waals surface area (Å²) in [5, 5.41) is 9.35. The minimum atomic E-state index is -0.278. The third-order valence-electron chi connectivity index (χ3n) is 3.84. The highest BCUT2D eigenvalue weighted by Gasteiger charge is 2.20. The highest BCUT2D eigenvalue weighted by Crippen LogP contribution is 2.30. The van der Waals surface area contributed by atoms with Gasteiger partial charge in [-0.2, -0.15) is 5.26 Å². The number of hydrogen-bond acceptors (Lipinski definition) is 3. The number of nitrogens with zero attached hydrogens (tertiary/aromatic N) is 2. The Morgan fingerprint density at radius 2 is 1.90 bits per heavy atom. The molecule has 1 aliphatic rings. The lowest BCUT2D eigenvalue weighted by molar-refractivity contribution is 0.708. The summed E-state index contributed by atoms with van der Waals surface area (Å²) >= 11 is 0. The van der Waals surface area contributed by atoms with Gasteiger partial charge in [-0.3, -0.25) is 9.78 Å². The fourth-order valence-corrected chi connectivity index (χ4v) is 2.90. The van der Waals surface area contributed by atoms with Crippen molar-refractivity contribution in [1.29, 1.82) is 5.26 Å². The second-order valence-electron chi connectivity index (χ2n) is 5.07. The summed E-state index contributed by atoms with van der Waals surface area (Å²) in [5.74, 6) is 0. The summed E-state index contributed by atoms with van der Waals surface area (Å²) in [5.41, 5.74) is 3.77. The van der Waals surface area contributed by atoms with Crippen LogP contribution in [-0.2, 0) is 12.8 Å². The molecule has 2 heterocycles. The molecule has 0 atom stereocenters. The van der Waals surface area contributed by atoms with E-state index in [0.29, 0.717) is 0 Å². The van der Waals surface area contributed by atoms with Crippen molar-refractivity contribution in [2.24, 2.45) is 0 Å². The third kappa shape index (κ3) is 2.12. The predicted molar refractivity (Wildman–Crippen MR) is 76.3 cm³/mol. The maximum atomic E-state index is 12.1. The van der Waals surface area contributed by atoms with Crippen LogP contribution in [0.4, 0.5) is 0 Å². The number of rotatable bonds is 1. The van der Waals surface area contributed by atoms with E-state index in [1.807, 2.05) is 12.1 Å². The molecular weight excluding hydrogens is 250 g/mol. The Morgan fingerprint density at radius 3 is 2.65 bits per heavy atom. The molecule has 0 unspecified atom stereocenters. The average molecular weight is 265 g/mol. The van der Waals surface area contributed by atoms with Gasteiger partial charge >= 0.3 is 0 Å². The number of fused-ring (bicyclic) bond motifs is 1. The van der Waals surface area contributed by atoms with E-state index in [1.54, 1.807) is 12.4 Å². The highest BCUT2D eigenvalue weighted by molar-refractivity contribution is 5.74. The van der Waals surface area contributed by atoms with Gasteiger partial charge in [0.25, 0.3) is 5.56 Å². The van der Waals surface area contributed by atoms with Crippen molar-refractivity contribution >= 4 is 0 Å². The molecule has 4 nitrogen and oxygen atoms in total. The van der Waals surface area contributed by atoms with E-state index < -0.39 is 0 Å². The van der Waals surface area contributed by atoms with Crippen molar-refractivity contribution in [3.63, 3.8) is 0 Å². The zero-order valence-electron chi connectivity index (χ0n) is 11.1. The van der Waals surface area contributed by atoms with Gasteiger partial charge in [-0.25, -0.2) is 0 Å². The number of hydrogen-bond donors (Lipinski definition) is 1. The minimum absolute atomic E-state index is 0.219. The highest BCUT2D eigenvalue weighted by atomic mass is 16.1. The lowest BCUT2D eigenvalue weighted by Gasteiger charge is -2.13. The molecule has 4 heteroatoms. The summed E-state index contributed by atoms with van der Waals surface area (Å²) in [6.45, 7) is 0. The fraction of sp³-hybridized carbons (Fsp3) is 0.312. The van der Waals surface area contributed by atoms with Crippen LogP contribution >= 0.6 is 0 Å². The van der Waals surface area contributed by atoms with Gasteiger partial charge in [-0.15, -0.1) is 0 Å². The first kappa shape index (κ1) is 12.6. The average Bonchev–Trinajstić information content (AvgIpc) is 2.71. The van der Waals surface area contributed by atoms with Gasteiger partial charge in [0.2, 0.25) is 0 Å². The fourth-order valence-electron chi connectivity index (χ4n) is 2.90. The van der Waals surface area contributed by atoms with Crippen molar-refractivity contribution in [3.8, 4) is 17.2 Å². The van der Waals surface area contributed by atoms with Gasteiger partial charge in [0.05, 0.1) is 0 Å². The van der Waals surface area contributed by atoms with E-state index in [1.165, 1.54) is 0 Å². The zero-order valence-corrected chi connectivity index (χ0v) is 11.1. The number of nitrogens with one attached hydrogen (secondary N) is 1. The van der Waals surface area contributed by atoms with Gasteiger partial charge < -0.3 is 4.98 Å². The van der Waals surface area contributed by atoms with Crippen molar-refractivity contribution in [2.45, 2.75) is 32.1 Å². The molecule has 0 bridgehead atoms. The largest absolute Gasteiger partial charge is 0.325 e. The van der Waals surface area contributed by atoms with Crippen LogP contribution in [0.3, 0.4) is 0 Å². The van der Waals surface area contributed by atoms with E-state index in [9.17, 15) is 10.1 Å². The zero-order chi connectivity index (χ0) is 13.9. The smallest absolute Gasteiger partial charge is 0.266 e. The van der Waals surface area contributed by atoms with Crippen molar-refractivity contribution in [3.05, 3.63) is 51.7 Å². The van der Waals surface area contributed by atoms with Crippen molar-refractivity contribution < 1.29 is 0 Å². The summed E-state index contributed by atoms with van der Waals surface area (Å²) < 4.78 is 0. The monoisotopic (exact) mass is 265 g/mol. The van der Waals surface area contributed by atoms with Gasteiger partial charge in [-0.05, 0) is 48.9 Å². The topological polar surface area (TPSA) is 69.5 Å². The van der Waals surface area contributed by atoms with Gasteiger partial charge in [0, 0.05) is 23.7 Å². The maximum Gasteiger partial charge on any atom is 0.266 e. The number of aryl methyl sites for hydroxylation is 1. The Hall–Kier alpha value is -2.41. The summed E-state index contributed by atoms with van der Waals surface area (Å²) in [4.78, 5) is 19.0. The normalized spacial score (nSPS) is 14.2. The van der Waals surface area contributed by atoms with Crippen molar-refractivity contribution in [1.82, 2.24) is 9.97 Å². The molecule has 0 fully saturated rings. The summed E-state index contributed by atoms with van der Waals surface area (Å²) in [6, 6.07) is 5.79. The molecule has 3 rings (SSSR count). The molecule has 2 aromatic heterocycles. The van der Waals surface area contributed by atoms with Crippen molar-refractivity contribution in [2.75, 3.05) is 0 Å². The van der Waals surface area contributed by atoms with Crippen LogP contribution in [-0.4, -0.2) is 9.97 Å². The van der Waals surface area contributed by atoms with E-state index in [4.69, 9.17) is 0 Å². The number of H-pyrrole nitrogens is 1. The Balaban J connectivity index is 2.33. The third-order valence-corrected chi connectivity index (χ3v) is 3.84. The molecule has 100 valence electrons. The molecule has 20 heavy (non-hydrogen) atoms. The molecule has 0 saturated carbocycles. The van der Waals surface area contributed by atoms with Crippen LogP contribution in [0, 0.1) is 11.3 Å². The molecule has 0 spiro atoms. The van der Waals surface area contributed by atoms with Crippen LogP contribution < -0.4 is 5.56 Å². The minimum Gasteiger partial charge on any atom is -0.325 e. The summed E-state index contributed by atoms with van der Waals surface area (Å²) in [6.07, 6.45) is 8.54. The Kier molecular flexibility index (Phi) is 3.34. The Bertz CT molecular complexity index is 726. The lowest BCUT2D eigenvalue weighted by Crippen LogP contribution is -2.17. The number of aromatic amines is 1. The van der Waals surface area contributed by atoms with Crippen LogP contribution in [0.25, 0.3) is 11.1 Å². The molecule has 0 amide bonds. The van der Waals surface area contributed by atoms with E-state index in [2.05, 4.69) is 16.0 Å². The molecule has 0 saturated heterocycles. The molecule has 0 aromatic carbocycles. The van der Waals surface area contributed by atoms with E-state index >= 15 is 0 Å². The second kappa shape index (κ2) is 5.30. The molecule has 1 aliphatic carbocycles. The Morgan fingerprint density at radius 1 is 1.15 bits per heavy atom. The number of aromatic nitrogens is 2. The first-order chi connectivity index (χ1) is 9.81. The van der Waals surface area contributed by atoms with E-state index in [0.717, 1.165) is 54.5 Å². The molecule has 0 aliphatic heterocycles. The Labute approximate surface area is 117 Å². The second-order valence-corrected chi connectivity index (χ2v) is 5.07. The number of pyridine rings is 2. The predicted octanol–water partition coefficient (Wildman–Crippen LogP) is 2.58. The first-order valence-corrected chi connectivity index (χ1v) is 6.90. The van der Waals surface area contributed by atoms with Crippen LogP contribution in [0.1, 0.15) is 36.1 Å². The summed E-state index contributed by atoms with van der Waals surface area (Å²) in [7, 11) is 0. The van der Waals surface area contributed by atoms with Crippen LogP contribution in [0.2, 0.25) is 0 Å².